The van der Waals surface area contributed by atoms with Gasteiger partial charge in [0, 0.05) is 25.5 Å². The van der Waals surface area contributed by atoms with Crippen molar-refractivity contribution >= 4 is 0 Å². The molecule has 0 aromatic carbocycles. The van der Waals surface area contributed by atoms with E-state index >= 15 is 0 Å². The highest BCUT2D eigenvalue weighted by Crippen LogP contribution is 2.24. The third-order valence-corrected chi connectivity index (χ3v) is 10.6. The SMILES string of the molecule is CCCCCCCCCCCCCCCCCC1N(CCCCCCCC)C=CN1CCCCCCCCCCCCCCC. The zero-order valence-electron chi connectivity index (χ0n) is 31.8. The van der Waals surface area contributed by atoms with Gasteiger partial charge in [-0.15, -0.1) is 0 Å². The maximum Gasteiger partial charge on any atom is 0.101 e. The van der Waals surface area contributed by atoms with E-state index in [2.05, 4.69) is 43.0 Å². The first kappa shape index (κ1) is 42.4. The molecule has 0 fully saturated rings. The minimum Gasteiger partial charge on any atom is -0.356 e. The number of unbranched alkanes of at least 4 members (excludes halogenated alkanes) is 31. The van der Waals surface area contributed by atoms with Gasteiger partial charge in [0.1, 0.15) is 6.17 Å². The molecule has 0 spiro atoms. The molecule has 0 saturated heterocycles. The Hall–Kier alpha value is -0.660. The Bertz CT molecular complexity index is 586. The first-order valence-corrected chi connectivity index (χ1v) is 21.5. The topological polar surface area (TPSA) is 6.48 Å². The average molecular weight is 631 g/mol. The van der Waals surface area contributed by atoms with Crippen LogP contribution in [-0.4, -0.2) is 29.1 Å². The summed E-state index contributed by atoms with van der Waals surface area (Å²) in [5.74, 6) is 0. The molecule has 0 amide bonds. The van der Waals surface area contributed by atoms with Crippen LogP contribution < -0.4 is 0 Å². The van der Waals surface area contributed by atoms with Gasteiger partial charge in [0.2, 0.25) is 0 Å². The molecular weight excluding hydrogens is 544 g/mol. The van der Waals surface area contributed by atoms with E-state index in [1.165, 1.54) is 238 Å². The van der Waals surface area contributed by atoms with Crippen LogP contribution >= 0.6 is 0 Å². The molecule has 0 aromatic rings. The van der Waals surface area contributed by atoms with Crippen LogP contribution in [0, 0.1) is 0 Å². The van der Waals surface area contributed by atoms with Crippen LogP contribution in [0.1, 0.15) is 245 Å². The number of hydrogen-bond acceptors (Lipinski definition) is 2. The summed E-state index contributed by atoms with van der Waals surface area (Å²) in [6, 6.07) is 0. The third kappa shape index (κ3) is 27.0. The number of hydrogen-bond donors (Lipinski definition) is 0. The second-order valence-electron chi connectivity index (χ2n) is 15.0. The van der Waals surface area contributed by atoms with Crippen LogP contribution in [0.2, 0.25) is 0 Å². The summed E-state index contributed by atoms with van der Waals surface area (Å²) in [7, 11) is 0. The van der Waals surface area contributed by atoms with Crippen LogP contribution in [0.5, 0.6) is 0 Å². The summed E-state index contributed by atoms with van der Waals surface area (Å²) in [6.45, 7) is 9.48. The van der Waals surface area contributed by atoms with Gasteiger partial charge in [-0.2, -0.15) is 0 Å². The Labute approximate surface area is 286 Å². The molecule has 2 nitrogen and oxygen atoms in total. The molecule has 0 aromatic heterocycles. The largest absolute Gasteiger partial charge is 0.356 e. The Balaban J connectivity index is 2.15. The second-order valence-corrected chi connectivity index (χ2v) is 15.0. The van der Waals surface area contributed by atoms with E-state index in [1.807, 2.05) is 0 Å². The lowest BCUT2D eigenvalue weighted by Gasteiger charge is -2.33. The van der Waals surface area contributed by atoms with E-state index in [4.69, 9.17) is 0 Å². The van der Waals surface area contributed by atoms with Gasteiger partial charge >= 0.3 is 0 Å². The van der Waals surface area contributed by atoms with Crippen LogP contribution in [-0.2, 0) is 0 Å². The summed E-state index contributed by atoms with van der Waals surface area (Å²) in [6.07, 6.45) is 55.9. The van der Waals surface area contributed by atoms with E-state index in [1.54, 1.807) is 0 Å². The summed E-state index contributed by atoms with van der Waals surface area (Å²) in [4.78, 5) is 5.44. The van der Waals surface area contributed by atoms with Gasteiger partial charge in [-0.25, -0.2) is 0 Å². The fraction of sp³-hybridized carbons (Fsp3) is 0.953. The first-order chi connectivity index (χ1) is 22.3. The van der Waals surface area contributed by atoms with Gasteiger partial charge in [0.25, 0.3) is 0 Å². The molecule has 1 atom stereocenters. The van der Waals surface area contributed by atoms with E-state index in [0.29, 0.717) is 6.17 Å². The van der Waals surface area contributed by atoms with Gasteiger partial charge in [0.05, 0.1) is 0 Å². The molecular formula is C43H86N2. The van der Waals surface area contributed by atoms with Crippen LogP contribution in [0.15, 0.2) is 12.4 Å². The lowest BCUT2D eigenvalue weighted by molar-refractivity contribution is 0.135. The summed E-state index contributed by atoms with van der Waals surface area (Å²) >= 11 is 0. The Morgan fingerprint density at radius 3 is 0.778 bits per heavy atom. The molecule has 0 bridgehead atoms. The second kappa shape index (κ2) is 34.7. The fourth-order valence-corrected chi connectivity index (χ4v) is 7.42. The summed E-state index contributed by atoms with van der Waals surface area (Å²) in [5.41, 5.74) is 0. The van der Waals surface area contributed by atoms with E-state index in [9.17, 15) is 0 Å². The van der Waals surface area contributed by atoms with E-state index in [0.717, 1.165) is 0 Å². The van der Waals surface area contributed by atoms with Crippen molar-refractivity contribution in [2.45, 2.75) is 252 Å². The average Bonchev–Trinajstić information content (AvgIpc) is 3.43. The lowest BCUT2D eigenvalue weighted by Crippen LogP contribution is -2.39. The molecule has 45 heavy (non-hydrogen) atoms. The van der Waals surface area contributed by atoms with Crippen molar-refractivity contribution in [3.8, 4) is 0 Å². The number of rotatable bonds is 37. The van der Waals surface area contributed by atoms with Gasteiger partial charge < -0.3 is 9.80 Å². The monoisotopic (exact) mass is 631 g/mol. The Kier molecular flexibility index (Phi) is 32.6. The molecule has 1 aliphatic heterocycles. The summed E-state index contributed by atoms with van der Waals surface area (Å²) < 4.78 is 0. The van der Waals surface area contributed by atoms with Crippen molar-refractivity contribution in [2.75, 3.05) is 13.1 Å². The van der Waals surface area contributed by atoms with Crippen molar-refractivity contribution in [3.05, 3.63) is 12.4 Å². The smallest absolute Gasteiger partial charge is 0.101 e. The van der Waals surface area contributed by atoms with Crippen molar-refractivity contribution in [3.63, 3.8) is 0 Å². The van der Waals surface area contributed by atoms with Crippen molar-refractivity contribution in [1.82, 2.24) is 9.80 Å². The highest BCUT2D eigenvalue weighted by Gasteiger charge is 2.24. The standard InChI is InChI=1S/C43H86N2/c1-4-7-10-13-16-18-20-22-23-24-26-28-30-32-35-38-43-44(39-36-33-15-12-9-6-3)41-42-45(43)40-37-34-31-29-27-25-21-19-17-14-11-8-5-2/h41-43H,4-40H2,1-3H3. The lowest BCUT2D eigenvalue weighted by atomic mass is 10.0. The molecule has 1 aliphatic rings. The Morgan fingerprint density at radius 2 is 0.511 bits per heavy atom. The quantitative estimate of drug-likeness (QED) is 0.0630. The molecule has 0 saturated carbocycles. The molecule has 2 heteroatoms. The number of nitrogens with zero attached hydrogens (tertiary/aromatic N) is 2. The predicted octanol–water partition coefficient (Wildman–Crippen LogP) is 15.1. The summed E-state index contributed by atoms with van der Waals surface area (Å²) in [5, 5.41) is 0. The fourth-order valence-electron chi connectivity index (χ4n) is 7.42. The van der Waals surface area contributed by atoms with Crippen LogP contribution in [0.4, 0.5) is 0 Å². The molecule has 0 N–H and O–H groups in total. The minimum absolute atomic E-state index is 0.639. The normalized spacial score (nSPS) is 14.8. The first-order valence-electron chi connectivity index (χ1n) is 21.5. The van der Waals surface area contributed by atoms with Gasteiger partial charge in [-0.05, 0) is 25.7 Å². The van der Waals surface area contributed by atoms with E-state index in [-0.39, 0.29) is 0 Å². The Morgan fingerprint density at radius 1 is 0.289 bits per heavy atom. The van der Waals surface area contributed by atoms with Crippen molar-refractivity contribution < 1.29 is 0 Å². The minimum atomic E-state index is 0.639. The molecule has 1 unspecified atom stereocenters. The maximum absolute atomic E-state index is 2.72. The molecule has 268 valence electrons. The molecule has 1 heterocycles. The van der Waals surface area contributed by atoms with E-state index < -0.39 is 0 Å². The molecule has 1 rings (SSSR count). The van der Waals surface area contributed by atoms with Gasteiger partial charge in [-0.1, -0.05) is 220 Å². The highest BCUT2D eigenvalue weighted by atomic mass is 15.4. The highest BCUT2D eigenvalue weighted by molar-refractivity contribution is 4.97. The molecule has 0 aliphatic carbocycles. The third-order valence-electron chi connectivity index (χ3n) is 10.6. The van der Waals surface area contributed by atoms with Crippen LogP contribution in [0.3, 0.4) is 0 Å². The predicted molar refractivity (Wildman–Crippen MR) is 205 cm³/mol. The molecule has 0 radical (unpaired) electrons. The van der Waals surface area contributed by atoms with Crippen LogP contribution in [0.25, 0.3) is 0 Å². The van der Waals surface area contributed by atoms with Gasteiger partial charge in [0.15, 0.2) is 0 Å². The zero-order chi connectivity index (χ0) is 32.3. The zero-order valence-corrected chi connectivity index (χ0v) is 31.8. The maximum atomic E-state index is 2.72. The van der Waals surface area contributed by atoms with Crippen molar-refractivity contribution in [2.24, 2.45) is 0 Å². The van der Waals surface area contributed by atoms with Gasteiger partial charge in [-0.3, -0.25) is 0 Å². The van der Waals surface area contributed by atoms with Crippen molar-refractivity contribution in [1.29, 1.82) is 0 Å².